The molecular weight excluding hydrogens is 442 g/mol. The number of anilines is 2. The third-order valence-electron chi connectivity index (χ3n) is 4.39. The van der Waals surface area contributed by atoms with Gasteiger partial charge >= 0.3 is 12.1 Å². The van der Waals surface area contributed by atoms with Crippen LogP contribution in [0.15, 0.2) is 47.6 Å². The van der Waals surface area contributed by atoms with Gasteiger partial charge in [-0.3, -0.25) is 4.79 Å². The van der Waals surface area contributed by atoms with Crippen LogP contribution < -0.4 is 26.5 Å². The highest BCUT2D eigenvalue weighted by atomic mass is 16.6. The molecule has 6 N–H and O–H groups in total. The molecule has 0 aliphatic heterocycles. The minimum atomic E-state index is -1.24. The van der Waals surface area contributed by atoms with Crippen LogP contribution in [0.25, 0.3) is 0 Å². The summed E-state index contributed by atoms with van der Waals surface area (Å²) in [5, 5.41) is 20.8. The molecule has 0 radical (unpaired) electrons. The Kier molecular flexibility index (Phi) is 8.82. The first-order chi connectivity index (χ1) is 16.0. The number of nitrogens with zero attached hydrogens (tertiary/aromatic N) is 1. The fourth-order valence-corrected chi connectivity index (χ4v) is 2.93. The lowest BCUT2D eigenvalue weighted by molar-refractivity contribution is -0.139. The Balaban J connectivity index is 2.14. The number of aliphatic carboxylic acids is 1. The monoisotopic (exact) mass is 471 g/mol. The molecule has 0 unspecified atom stereocenters. The van der Waals surface area contributed by atoms with Crippen molar-refractivity contribution in [2.24, 2.45) is 10.9 Å². The summed E-state index contributed by atoms with van der Waals surface area (Å²) in [6.45, 7) is 5.04. The number of amides is 2. The van der Waals surface area contributed by atoms with E-state index in [-0.39, 0.29) is 12.3 Å². The van der Waals surface area contributed by atoms with E-state index >= 15 is 0 Å². The molecule has 2 aromatic rings. The average molecular weight is 472 g/mol. The van der Waals surface area contributed by atoms with Crippen LogP contribution in [-0.2, 0) is 16.0 Å². The van der Waals surface area contributed by atoms with E-state index in [2.05, 4.69) is 21.1 Å². The molecule has 11 heteroatoms. The Labute approximate surface area is 197 Å². The number of hydrogen-bond acceptors (Lipinski definition) is 7. The van der Waals surface area contributed by atoms with Crippen LogP contribution in [0.3, 0.4) is 0 Å². The number of carbonyl (C=O) groups excluding carboxylic acids is 2. The smallest absolute Gasteiger partial charge is 0.408 e. The highest BCUT2D eigenvalue weighted by molar-refractivity contribution is 6.05. The van der Waals surface area contributed by atoms with E-state index in [1.54, 1.807) is 63.2 Å². The fourth-order valence-electron chi connectivity index (χ4n) is 2.93. The maximum atomic E-state index is 12.6. The molecule has 0 aliphatic rings. The molecule has 0 aliphatic carbocycles. The van der Waals surface area contributed by atoms with Crippen molar-refractivity contribution in [3.8, 4) is 5.75 Å². The molecule has 0 saturated carbocycles. The standard InChI is InChI=1S/C23H29N5O6/c1-23(2,3)34-22(32)28-18(21(30)31)11-14-8-9-17(12-19(14)33-4)27-20(29)15-6-5-7-16(10-15)25-13-26-24/h5-10,12-13,18H,11,24H2,1-4H3,(H,25,26)(H,27,29)(H,28,32)(H,30,31)/t18-/m0/s1. The predicted octanol–water partition coefficient (Wildman–Crippen LogP) is 2.78. The van der Waals surface area contributed by atoms with Crippen molar-refractivity contribution in [1.82, 2.24) is 5.32 Å². The van der Waals surface area contributed by atoms with Crippen molar-refractivity contribution in [2.75, 3.05) is 17.7 Å². The second-order valence-electron chi connectivity index (χ2n) is 8.23. The predicted molar refractivity (Wildman–Crippen MR) is 128 cm³/mol. The second-order valence-corrected chi connectivity index (χ2v) is 8.23. The molecule has 0 saturated heterocycles. The van der Waals surface area contributed by atoms with Gasteiger partial charge in [-0.2, -0.15) is 5.10 Å². The Bertz CT molecular complexity index is 1060. The summed E-state index contributed by atoms with van der Waals surface area (Å²) in [4.78, 5) is 36.3. The largest absolute Gasteiger partial charge is 0.496 e. The molecule has 0 spiro atoms. The number of methoxy groups -OCH3 is 1. The first-order valence-electron chi connectivity index (χ1n) is 10.3. The molecule has 11 nitrogen and oxygen atoms in total. The van der Waals surface area contributed by atoms with Crippen molar-refractivity contribution in [3.63, 3.8) is 0 Å². The maximum absolute atomic E-state index is 12.6. The number of hydrazone groups is 1. The number of benzene rings is 2. The van der Waals surface area contributed by atoms with E-state index in [1.807, 2.05) is 0 Å². The van der Waals surface area contributed by atoms with Crippen LogP contribution in [0, 0.1) is 0 Å². The average Bonchev–Trinajstić information content (AvgIpc) is 2.76. The summed E-state index contributed by atoms with van der Waals surface area (Å²) in [5.74, 6) is 3.83. The Morgan fingerprint density at radius 3 is 2.50 bits per heavy atom. The van der Waals surface area contributed by atoms with Gasteiger partial charge < -0.3 is 36.4 Å². The number of alkyl carbamates (subject to hydrolysis) is 1. The molecule has 2 rings (SSSR count). The van der Waals surface area contributed by atoms with Crippen molar-refractivity contribution in [1.29, 1.82) is 0 Å². The minimum absolute atomic E-state index is 0.0532. The van der Waals surface area contributed by atoms with Gasteiger partial charge in [0, 0.05) is 29.4 Å². The van der Waals surface area contributed by atoms with E-state index in [0.29, 0.717) is 28.3 Å². The third-order valence-corrected chi connectivity index (χ3v) is 4.39. The topological polar surface area (TPSA) is 164 Å². The van der Waals surface area contributed by atoms with Gasteiger partial charge in [0.05, 0.1) is 7.11 Å². The van der Waals surface area contributed by atoms with Crippen molar-refractivity contribution in [2.45, 2.75) is 38.8 Å². The Morgan fingerprint density at radius 2 is 1.88 bits per heavy atom. The normalized spacial score (nSPS) is 12.0. The van der Waals surface area contributed by atoms with Crippen LogP contribution in [0.4, 0.5) is 16.2 Å². The first-order valence-corrected chi connectivity index (χ1v) is 10.3. The van der Waals surface area contributed by atoms with E-state index in [0.717, 1.165) is 0 Å². The summed E-state index contributed by atoms with van der Waals surface area (Å²) < 4.78 is 10.5. The van der Waals surface area contributed by atoms with E-state index in [1.165, 1.54) is 13.4 Å². The summed E-state index contributed by atoms with van der Waals surface area (Å²) in [5.41, 5.74) is 1.23. The van der Waals surface area contributed by atoms with Gasteiger partial charge in [0.1, 0.15) is 23.7 Å². The number of rotatable bonds is 9. The number of nitrogens with one attached hydrogen (secondary N) is 3. The van der Waals surface area contributed by atoms with Gasteiger partial charge in [0.15, 0.2) is 0 Å². The van der Waals surface area contributed by atoms with Gasteiger partial charge in [-0.25, -0.2) is 9.59 Å². The van der Waals surface area contributed by atoms with E-state index in [9.17, 15) is 19.5 Å². The SMILES string of the molecule is COc1cc(NC(=O)c2cccc(NC=NN)c2)ccc1C[C@H](NC(=O)OC(C)(C)C)C(=O)O. The summed E-state index contributed by atoms with van der Waals surface area (Å²) >= 11 is 0. The zero-order valence-electron chi connectivity index (χ0n) is 19.4. The number of carboxylic acids is 1. The maximum Gasteiger partial charge on any atom is 0.408 e. The van der Waals surface area contributed by atoms with Crippen molar-refractivity contribution >= 4 is 35.7 Å². The summed E-state index contributed by atoms with van der Waals surface area (Å²) in [6.07, 6.45) is 0.405. The minimum Gasteiger partial charge on any atom is -0.496 e. The number of carbonyl (C=O) groups is 3. The molecular formula is C23H29N5O6. The zero-order valence-corrected chi connectivity index (χ0v) is 19.4. The van der Waals surface area contributed by atoms with Crippen molar-refractivity contribution < 1.29 is 29.0 Å². The van der Waals surface area contributed by atoms with Gasteiger partial charge in [0.2, 0.25) is 0 Å². The molecule has 182 valence electrons. The molecule has 34 heavy (non-hydrogen) atoms. The Hall–Kier alpha value is -4.28. The second kappa shape index (κ2) is 11.5. The molecule has 0 bridgehead atoms. The van der Waals surface area contributed by atoms with Crippen LogP contribution in [0.1, 0.15) is 36.7 Å². The number of nitrogens with two attached hydrogens (primary N) is 1. The molecule has 0 aromatic heterocycles. The molecule has 2 amide bonds. The highest BCUT2D eigenvalue weighted by Crippen LogP contribution is 2.25. The van der Waals surface area contributed by atoms with Crippen LogP contribution in [0.5, 0.6) is 5.75 Å². The summed E-state index contributed by atoms with van der Waals surface area (Å²) in [6, 6.07) is 10.3. The number of ether oxygens (including phenoxy) is 2. The quantitative estimate of drug-likeness (QED) is 0.161. The lowest BCUT2D eigenvalue weighted by Crippen LogP contribution is -2.44. The van der Waals surface area contributed by atoms with E-state index < -0.39 is 23.7 Å². The number of hydrogen-bond donors (Lipinski definition) is 5. The third kappa shape index (κ3) is 8.01. The lowest BCUT2D eigenvalue weighted by atomic mass is 10.0. The molecule has 1 atom stereocenters. The van der Waals surface area contributed by atoms with Gasteiger partial charge in [0.25, 0.3) is 5.91 Å². The van der Waals surface area contributed by atoms with Gasteiger partial charge in [-0.05, 0) is 50.6 Å². The molecule has 0 fully saturated rings. The molecule has 0 heterocycles. The summed E-state index contributed by atoms with van der Waals surface area (Å²) in [7, 11) is 1.43. The van der Waals surface area contributed by atoms with Gasteiger partial charge in [-0.15, -0.1) is 0 Å². The Morgan fingerprint density at radius 1 is 1.15 bits per heavy atom. The highest BCUT2D eigenvalue weighted by Gasteiger charge is 2.25. The van der Waals surface area contributed by atoms with Crippen LogP contribution in [0.2, 0.25) is 0 Å². The van der Waals surface area contributed by atoms with Crippen molar-refractivity contribution in [3.05, 3.63) is 53.6 Å². The number of carboxylic acid groups (broad SMARTS) is 1. The lowest BCUT2D eigenvalue weighted by Gasteiger charge is -2.22. The van der Waals surface area contributed by atoms with E-state index in [4.69, 9.17) is 15.3 Å². The first kappa shape index (κ1) is 26.0. The fraction of sp³-hybridized carbons (Fsp3) is 0.304. The van der Waals surface area contributed by atoms with Gasteiger partial charge in [-0.1, -0.05) is 12.1 Å². The van der Waals surface area contributed by atoms with Crippen LogP contribution >= 0.6 is 0 Å². The zero-order chi connectivity index (χ0) is 25.3. The van der Waals surface area contributed by atoms with Crippen LogP contribution in [-0.4, -0.2) is 48.2 Å². The molecule has 2 aromatic carbocycles.